The van der Waals surface area contributed by atoms with E-state index in [0.717, 1.165) is 18.8 Å². The van der Waals surface area contributed by atoms with Gasteiger partial charge in [0.2, 0.25) is 0 Å². The van der Waals surface area contributed by atoms with Crippen molar-refractivity contribution in [1.29, 1.82) is 0 Å². The highest BCUT2D eigenvalue weighted by Gasteiger charge is 2.67. The second kappa shape index (κ2) is 5.47. The van der Waals surface area contributed by atoms with Crippen LogP contribution in [0, 0.1) is 22.7 Å². The summed E-state index contributed by atoms with van der Waals surface area (Å²) in [6, 6.07) is 8.39. The molecule has 1 heterocycles. The van der Waals surface area contributed by atoms with Gasteiger partial charge in [-0.25, -0.2) is 0 Å². The summed E-state index contributed by atoms with van der Waals surface area (Å²) in [6.45, 7) is 9.33. The van der Waals surface area contributed by atoms with Crippen molar-refractivity contribution in [1.82, 2.24) is 0 Å². The lowest BCUT2D eigenvalue weighted by atomic mass is 9.60. The van der Waals surface area contributed by atoms with Crippen molar-refractivity contribution in [3.8, 4) is 5.75 Å². The molecular formula is C21H30O3. The van der Waals surface area contributed by atoms with Gasteiger partial charge in [0.1, 0.15) is 5.75 Å². The van der Waals surface area contributed by atoms with E-state index in [2.05, 4.69) is 26.0 Å². The molecule has 5 atom stereocenters. The maximum absolute atomic E-state index is 11.1. The molecule has 0 unspecified atom stereocenters. The van der Waals surface area contributed by atoms with Crippen molar-refractivity contribution in [3.05, 3.63) is 29.8 Å². The van der Waals surface area contributed by atoms with Crippen LogP contribution in [0.1, 0.15) is 58.6 Å². The molecule has 132 valence electrons. The van der Waals surface area contributed by atoms with E-state index in [0.29, 0.717) is 11.8 Å². The molecule has 1 spiro atoms. The fraction of sp³-hybridized carbons (Fsp3) is 0.714. The van der Waals surface area contributed by atoms with Gasteiger partial charge in [0.05, 0.1) is 18.3 Å². The lowest BCUT2D eigenvalue weighted by Crippen LogP contribution is -2.51. The van der Waals surface area contributed by atoms with Crippen molar-refractivity contribution in [2.24, 2.45) is 22.7 Å². The van der Waals surface area contributed by atoms with Crippen LogP contribution >= 0.6 is 0 Å². The van der Waals surface area contributed by atoms with Gasteiger partial charge in [-0.2, -0.15) is 0 Å². The largest absolute Gasteiger partial charge is 0.491 e. The summed E-state index contributed by atoms with van der Waals surface area (Å²) in [5, 5.41) is 11.1. The average Bonchev–Trinajstić information content (AvgIpc) is 3.02. The molecule has 1 saturated heterocycles. The van der Waals surface area contributed by atoms with Crippen LogP contribution in [0.4, 0.5) is 0 Å². The molecule has 0 aromatic heterocycles. The summed E-state index contributed by atoms with van der Waals surface area (Å²) in [5.41, 5.74) is 1.34. The fourth-order valence-electron chi connectivity index (χ4n) is 5.76. The molecule has 3 aliphatic rings. The number of hydrogen-bond acceptors (Lipinski definition) is 3. The lowest BCUT2D eigenvalue weighted by molar-refractivity contribution is -0.164. The molecule has 3 fully saturated rings. The Morgan fingerprint density at radius 1 is 1.21 bits per heavy atom. The molecule has 3 heteroatoms. The maximum atomic E-state index is 11.1. The van der Waals surface area contributed by atoms with Gasteiger partial charge in [0.25, 0.3) is 0 Å². The first-order valence-corrected chi connectivity index (χ1v) is 9.41. The minimum absolute atomic E-state index is 0.0490. The quantitative estimate of drug-likeness (QED) is 0.895. The van der Waals surface area contributed by atoms with E-state index in [1.165, 1.54) is 18.4 Å². The molecule has 1 aromatic rings. The summed E-state index contributed by atoms with van der Waals surface area (Å²) in [4.78, 5) is 0. The van der Waals surface area contributed by atoms with Gasteiger partial charge < -0.3 is 14.6 Å². The summed E-state index contributed by atoms with van der Waals surface area (Å²) in [5.74, 6) is 1.97. The Morgan fingerprint density at radius 3 is 2.54 bits per heavy atom. The number of ether oxygens (including phenoxy) is 2. The van der Waals surface area contributed by atoms with Gasteiger partial charge in [0, 0.05) is 12.0 Å². The highest BCUT2D eigenvalue weighted by atomic mass is 16.5. The van der Waals surface area contributed by atoms with E-state index in [-0.39, 0.29) is 29.1 Å². The summed E-state index contributed by atoms with van der Waals surface area (Å²) in [6.07, 6.45) is 3.45. The number of hydrogen-bond donors (Lipinski definition) is 1. The number of benzene rings is 1. The van der Waals surface area contributed by atoms with E-state index >= 15 is 0 Å². The van der Waals surface area contributed by atoms with Crippen molar-refractivity contribution >= 4 is 0 Å². The molecule has 24 heavy (non-hydrogen) atoms. The Balaban J connectivity index is 1.60. The molecule has 1 N–H and O–H groups in total. The smallest absolute Gasteiger partial charge is 0.119 e. The predicted molar refractivity (Wildman–Crippen MR) is 94.0 cm³/mol. The Bertz CT molecular complexity index is 606. The SMILES string of the molecule is CC(C)Oc1ccc([C@H]2OCC[C@@]34C[C@@H](C[C@H]23)C(C)(C)[C@H]4O)cc1. The first-order valence-electron chi connectivity index (χ1n) is 9.41. The zero-order chi connectivity index (χ0) is 17.1. The minimum atomic E-state index is -0.205. The molecule has 0 radical (unpaired) electrons. The van der Waals surface area contributed by atoms with Crippen LogP contribution in [0.15, 0.2) is 24.3 Å². The van der Waals surface area contributed by atoms with Crippen LogP contribution in [0.5, 0.6) is 5.75 Å². The molecule has 4 rings (SSSR count). The third-order valence-electron chi connectivity index (χ3n) is 7.02. The Labute approximate surface area is 145 Å². The zero-order valence-electron chi connectivity index (χ0n) is 15.3. The molecule has 0 amide bonds. The van der Waals surface area contributed by atoms with Crippen LogP contribution in [0.3, 0.4) is 0 Å². The zero-order valence-corrected chi connectivity index (χ0v) is 15.3. The highest BCUT2D eigenvalue weighted by Crippen LogP contribution is 2.70. The van der Waals surface area contributed by atoms with Crippen LogP contribution in [-0.4, -0.2) is 23.9 Å². The Morgan fingerprint density at radius 2 is 1.92 bits per heavy atom. The number of rotatable bonds is 3. The average molecular weight is 330 g/mol. The molecule has 2 bridgehead atoms. The van der Waals surface area contributed by atoms with Crippen LogP contribution in [0.2, 0.25) is 0 Å². The third kappa shape index (κ3) is 2.24. The molecule has 3 nitrogen and oxygen atoms in total. The van der Waals surface area contributed by atoms with E-state index in [1.807, 2.05) is 26.0 Å². The van der Waals surface area contributed by atoms with Gasteiger partial charge in [0.15, 0.2) is 0 Å². The third-order valence-corrected chi connectivity index (χ3v) is 7.02. The molecule has 1 aromatic carbocycles. The highest BCUT2D eigenvalue weighted by molar-refractivity contribution is 5.31. The second-order valence-electron chi connectivity index (χ2n) is 8.98. The fourth-order valence-corrected chi connectivity index (χ4v) is 5.76. The number of aliphatic hydroxyl groups is 1. The summed E-state index contributed by atoms with van der Waals surface area (Å²) >= 11 is 0. The van der Waals surface area contributed by atoms with Crippen LogP contribution < -0.4 is 4.74 Å². The van der Waals surface area contributed by atoms with Gasteiger partial charge >= 0.3 is 0 Å². The normalized spacial score (nSPS) is 39.9. The summed E-state index contributed by atoms with van der Waals surface area (Å²) < 4.78 is 12.0. The van der Waals surface area contributed by atoms with Crippen molar-refractivity contribution < 1.29 is 14.6 Å². The van der Waals surface area contributed by atoms with Crippen molar-refractivity contribution in [2.45, 2.75) is 65.3 Å². The Kier molecular flexibility index (Phi) is 3.74. The maximum Gasteiger partial charge on any atom is 0.119 e. The lowest BCUT2D eigenvalue weighted by Gasteiger charge is -2.51. The molecule has 2 aliphatic carbocycles. The van der Waals surface area contributed by atoms with E-state index in [4.69, 9.17) is 9.47 Å². The first-order chi connectivity index (χ1) is 11.3. The first kappa shape index (κ1) is 16.4. The van der Waals surface area contributed by atoms with Crippen LogP contribution in [0.25, 0.3) is 0 Å². The van der Waals surface area contributed by atoms with Crippen molar-refractivity contribution in [2.75, 3.05) is 6.61 Å². The summed E-state index contributed by atoms with van der Waals surface area (Å²) in [7, 11) is 0. The minimum Gasteiger partial charge on any atom is -0.491 e. The predicted octanol–water partition coefficient (Wildman–Crippen LogP) is 4.35. The van der Waals surface area contributed by atoms with E-state index in [1.54, 1.807) is 0 Å². The van der Waals surface area contributed by atoms with E-state index in [9.17, 15) is 5.11 Å². The molecular weight excluding hydrogens is 300 g/mol. The van der Waals surface area contributed by atoms with Gasteiger partial charge in [-0.3, -0.25) is 0 Å². The topological polar surface area (TPSA) is 38.7 Å². The number of aliphatic hydroxyl groups excluding tert-OH is 1. The van der Waals surface area contributed by atoms with Gasteiger partial charge in [-0.15, -0.1) is 0 Å². The van der Waals surface area contributed by atoms with Gasteiger partial charge in [-0.05, 0) is 68.1 Å². The number of fused-ring (bicyclic) bond motifs is 1. The molecule has 1 aliphatic heterocycles. The van der Waals surface area contributed by atoms with Crippen LogP contribution in [-0.2, 0) is 4.74 Å². The monoisotopic (exact) mass is 330 g/mol. The van der Waals surface area contributed by atoms with Gasteiger partial charge in [-0.1, -0.05) is 26.0 Å². The standard InChI is InChI=1S/C21H30O3/c1-13(2)24-16-7-5-14(6-8-16)18-17-11-15-12-21(17,9-10-23-18)19(22)20(15,3)4/h5-8,13,15,17-19,22H,9-12H2,1-4H3/t15-,17-,18-,19-,21-/m1/s1. The van der Waals surface area contributed by atoms with Crippen molar-refractivity contribution in [3.63, 3.8) is 0 Å². The Hall–Kier alpha value is -1.06. The second-order valence-corrected chi connectivity index (χ2v) is 8.98. The van der Waals surface area contributed by atoms with E-state index < -0.39 is 0 Å². The molecule has 2 saturated carbocycles.